The Balaban J connectivity index is 1.71. The highest BCUT2D eigenvalue weighted by Crippen LogP contribution is 2.40. The Morgan fingerprint density at radius 2 is 1.92 bits per heavy atom. The van der Waals surface area contributed by atoms with Gasteiger partial charge in [0.1, 0.15) is 19.2 Å². The molecule has 1 aliphatic heterocycles. The fourth-order valence-electron chi connectivity index (χ4n) is 3.13. The molecule has 4 rings (SSSR count). The molecule has 2 heterocycles. The quantitative estimate of drug-likeness (QED) is 0.656. The highest BCUT2D eigenvalue weighted by molar-refractivity contribution is 6.32. The molecule has 0 bridgehead atoms. The summed E-state index contributed by atoms with van der Waals surface area (Å²) >= 11 is 12.6. The van der Waals surface area contributed by atoms with Gasteiger partial charge in [0.2, 0.25) is 5.79 Å². The van der Waals surface area contributed by atoms with Crippen LogP contribution in [0.2, 0.25) is 10.0 Å². The van der Waals surface area contributed by atoms with E-state index in [1.54, 1.807) is 11.0 Å². The second-order valence-electron chi connectivity index (χ2n) is 6.29. The molecule has 1 fully saturated rings. The Morgan fingerprint density at radius 1 is 1.15 bits per heavy atom. The van der Waals surface area contributed by atoms with Gasteiger partial charge < -0.3 is 9.47 Å². The average molecular weight is 390 g/mol. The Kier molecular flexibility index (Phi) is 4.71. The average Bonchev–Trinajstić information content (AvgIpc) is 3.26. The number of hydrogen-bond acceptors (Lipinski definition) is 4. The number of benzene rings is 2. The van der Waals surface area contributed by atoms with Crippen molar-refractivity contribution in [3.05, 3.63) is 70.7 Å². The van der Waals surface area contributed by atoms with E-state index in [-0.39, 0.29) is 6.10 Å². The molecule has 2 atom stereocenters. The van der Waals surface area contributed by atoms with Crippen LogP contribution in [0, 0.1) is 0 Å². The fraction of sp³-hybridized carbons (Fsp3) is 0.263. The van der Waals surface area contributed by atoms with Crippen LogP contribution in [0.1, 0.15) is 12.5 Å². The molecule has 0 aliphatic carbocycles. The maximum atomic E-state index is 6.64. The smallest absolute Gasteiger partial charge is 0.217 e. The minimum absolute atomic E-state index is 0.0365. The summed E-state index contributed by atoms with van der Waals surface area (Å²) in [6.07, 6.45) is 3.08. The van der Waals surface area contributed by atoms with Crippen LogP contribution < -0.4 is 0 Å². The van der Waals surface area contributed by atoms with Gasteiger partial charge in [0.25, 0.3) is 0 Å². The first-order valence-corrected chi connectivity index (χ1v) is 9.01. The van der Waals surface area contributed by atoms with E-state index in [4.69, 9.17) is 32.7 Å². The Bertz CT molecular complexity index is 900. The zero-order chi connectivity index (χ0) is 18.1. The first-order chi connectivity index (χ1) is 12.6. The van der Waals surface area contributed by atoms with Gasteiger partial charge in [0.15, 0.2) is 0 Å². The van der Waals surface area contributed by atoms with E-state index in [2.05, 4.69) is 10.1 Å². The third-order valence-electron chi connectivity index (χ3n) is 4.34. The lowest BCUT2D eigenvalue weighted by atomic mass is 9.99. The van der Waals surface area contributed by atoms with E-state index in [0.717, 1.165) is 16.7 Å². The molecule has 1 aromatic heterocycles. The minimum Gasteiger partial charge on any atom is -0.342 e. The van der Waals surface area contributed by atoms with Gasteiger partial charge in [-0.05, 0) is 36.2 Å². The van der Waals surface area contributed by atoms with Crippen molar-refractivity contribution in [2.45, 2.75) is 25.4 Å². The molecule has 0 amide bonds. The maximum absolute atomic E-state index is 6.64. The van der Waals surface area contributed by atoms with Crippen LogP contribution in [-0.2, 0) is 21.8 Å². The van der Waals surface area contributed by atoms with E-state index in [1.807, 2.05) is 49.4 Å². The van der Waals surface area contributed by atoms with Gasteiger partial charge in [-0.1, -0.05) is 47.5 Å². The zero-order valence-corrected chi connectivity index (χ0v) is 15.6. The molecule has 0 saturated carbocycles. The van der Waals surface area contributed by atoms with E-state index in [1.165, 1.54) is 6.33 Å². The van der Waals surface area contributed by atoms with Crippen molar-refractivity contribution in [1.82, 2.24) is 14.8 Å². The van der Waals surface area contributed by atoms with E-state index in [9.17, 15) is 0 Å². The summed E-state index contributed by atoms with van der Waals surface area (Å²) in [4.78, 5) is 3.99. The summed E-state index contributed by atoms with van der Waals surface area (Å²) in [5, 5.41) is 5.44. The number of rotatable bonds is 4. The second kappa shape index (κ2) is 7.00. The second-order valence-corrected chi connectivity index (χ2v) is 7.13. The van der Waals surface area contributed by atoms with Gasteiger partial charge in [0.05, 0.1) is 12.7 Å². The number of nitrogens with zero attached hydrogens (tertiary/aromatic N) is 3. The number of hydrogen-bond donors (Lipinski definition) is 0. The predicted octanol–water partition coefficient (Wildman–Crippen LogP) is 4.54. The lowest BCUT2D eigenvalue weighted by Gasteiger charge is -2.29. The van der Waals surface area contributed by atoms with Crippen LogP contribution >= 0.6 is 23.2 Å². The lowest BCUT2D eigenvalue weighted by molar-refractivity contribution is -0.186. The molecule has 2 aromatic carbocycles. The van der Waals surface area contributed by atoms with Crippen LogP contribution in [0.3, 0.4) is 0 Å². The summed E-state index contributed by atoms with van der Waals surface area (Å²) < 4.78 is 13.9. The molecule has 134 valence electrons. The van der Waals surface area contributed by atoms with Crippen LogP contribution in [0.15, 0.2) is 55.1 Å². The SMILES string of the molecule is C[C@H]1CO[C@@](Cn2cncn2)(c2ccc(-c3ccc(Cl)cc3)cc2Cl)O1. The van der Waals surface area contributed by atoms with E-state index >= 15 is 0 Å². The molecule has 5 nitrogen and oxygen atoms in total. The van der Waals surface area contributed by atoms with Crippen molar-refractivity contribution in [2.24, 2.45) is 0 Å². The minimum atomic E-state index is -0.983. The predicted molar refractivity (Wildman–Crippen MR) is 100 cm³/mol. The first kappa shape index (κ1) is 17.5. The van der Waals surface area contributed by atoms with Gasteiger partial charge in [-0.15, -0.1) is 0 Å². The van der Waals surface area contributed by atoms with Gasteiger partial charge in [-0.3, -0.25) is 0 Å². The molecule has 7 heteroatoms. The van der Waals surface area contributed by atoms with Crippen LogP contribution in [-0.4, -0.2) is 27.5 Å². The largest absolute Gasteiger partial charge is 0.342 e. The van der Waals surface area contributed by atoms with Gasteiger partial charge in [-0.25, -0.2) is 9.67 Å². The molecule has 0 N–H and O–H groups in total. The van der Waals surface area contributed by atoms with Crippen molar-refractivity contribution in [1.29, 1.82) is 0 Å². The van der Waals surface area contributed by atoms with Gasteiger partial charge in [0, 0.05) is 15.6 Å². The number of ether oxygens (including phenoxy) is 2. The summed E-state index contributed by atoms with van der Waals surface area (Å²) in [5.74, 6) is -0.983. The van der Waals surface area contributed by atoms with E-state index in [0.29, 0.717) is 23.2 Å². The van der Waals surface area contributed by atoms with Gasteiger partial charge in [-0.2, -0.15) is 5.10 Å². The number of aromatic nitrogens is 3. The van der Waals surface area contributed by atoms with Crippen LogP contribution in [0.4, 0.5) is 0 Å². The fourth-order valence-corrected chi connectivity index (χ4v) is 3.58. The summed E-state index contributed by atoms with van der Waals surface area (Å²) in [6, 6.07) is 13.5. The molecule has 0 spiro atoms. The molecule has 3 aromatic rings. The summed E-state index contributed by atoms with van der Waals surface area (Å²) in [5.41, 5.74) is 2.81. The molecule has 0 unspecified atom stereocenters. The van der Waals surface area contributed by atoms with Crippen molar-refractivity contribution >= 4 is 23.2 Å². The van der Waals surface area contributed by atoms with Crippen molar-refractivity contribution in [3.8, 4) is 11.1 Å². The van der Waals surface area contributed by atoms with Crippen molar-refractivity contribution in [3.63, 3.8) is 0 Å². The Morgan fingerprint density at radius 3 is 2.54 bits per heavy atom. The number of halogens is 2. The Labute approximate surface area is 161 Å². The highest BCUT2D eigenvalue weighted by atomic mass is 35.5. The normalized spacial score (nSPS) is 22.7. The molecule has 26 heavy (non-hydrogen) atoms. The van der Waals surface area contributed by atoms with E-state index < -0.39 is 5.79 Å². The monoisotopic (exact) mass is 389 g/mol. The first-order valence-electron chi connectivity index (χ1n) is 8.26. The third-order valence-corrected chi connectivity index (χ3v) is 4.90. The third kappa shape index (κ3) is 3.35. The van der Waals surface area contributed by atoms with Crippen molar-refractivity contribution < 1.29 is 9.47 Å². The van der Waals surface area contributed by atoms with Crippen LogP contribution in [0.5, 0.6) is 0 Å². The topological polar surface area (TPSA) is 49.2 Å². The summed E-state index contributed by atoms with van der Waals surface area (Å²) in [7, 11) is 0. The zero-order valence-electron chi connectivity index (χ0n) is 14.1. The Hall–Kier alpha value is -1.92. The standard InChI is InChI=1S/C19H17Cl2N3O2/c1-13-9-25-19(26-13,10-24-12-22-11-23-24)17-7-4-15(8-18(17)21)14-2-5-16(20)6-3-14/h2-8,11-13H,9-10H2,1H3/t13-,19+/m0/s1. The highest BCUT2D eigenvalue weighted by Gasteiger charge is 2.44. The van der Waals surface area contributed by atoms with Crippen LogP contribution in [0.25, 0.3) is 11.1 Å². The molecular formula is C19H17Cl2N3O2. The molecule has 1 saturated heterocycles. The maximum Gasteiger partial charge on any atom is 0.217 e. The lowest BCUT2D eigenvalue weighted by Crippen LogP contribution is -2.34. The molecular weight excluding hydrogens is 373 g/mol. The molecule has 1 aliphatic rings. The van der Waals surface area contributed by atoms with Crippen molar-refractivity contribution in [2.75, 3.05) is 6.61 Å². The van der Waals surface area contributed by atoms with Gasteiger partial charge >= 0.3 is 0 Å². The molecule has 0 radical (unpaired) electrons. The summed E-state index contributed by atoms with van der Waals surface area (Å²) in [6.45, 7) is 2.83.